The van der Waals surface area contributed by atoms with Crippen LogP contribution < -0.4 is 10.6 Å². The minimum absolute atomic E-state index is 0.107. The van der Waals surface area contributed by atoms with Gasteiger partial charge >= 0.3 is 6.03 Å². The summed E-state index contributed by atoms with van der Waals surface area (Å²) in [5.41, 5.74) is 1.92. The average molecular weight is 417 g/mol. The zero-order chi connectivity index (χ0) is 21.5. The van der Waals surface area contributed by atoms with Crippen LogP contribution in [-0.2, 0) is 6.54 Å². The van der Waals surface area contributed by atoms with Gasteiger partial charge in [0.1, 0.15) is 11.6 Å². The van der Waals surface area contributed by atoms with Crippen LogP contribution in [0.1, 0.15) is 30.0 Å². The van der Waals surface area contributed by atoms with E-state index >= 15 is 0 Å². The van der Waals surface area contributed by atoms with Gasteiger partial charge in [0.2, 0.25) is 0 Å². The molecule has 1 heterocycles. The van der Waals surface area contributed by atoms with Crippen LogP contribution in [0.3, 0.4) is 0 Å². The number of benzene rings is 2. The molecule has 7 heteroatoms. The summed E-state index contributed by atoms with van der Waals surface area (Å²) in [6.07, 6.45) is 1.74. The van der Waals surface area contributed by atoms with Crippen LogP contribution in [0.4, 0.5) is 13.6 Å². The highest BCUT2D eigenvalue weighted by Gasteiger charge is 2.22. The Morgan fingerprint density at radius 1 is 1.10 bits per heavy atom. The van der Waals surface area contributed by atoms with E-state index in [0.717, 1.165) is 43.6 Å². The molecule has 3 rings (SSSR count). The largest absolute Gasteiger partial charge is 0.336 e. The van der Waals surface area contributed by atoms with Crippen molar-refractivity contribution in [3.05, 3.63) is 71.3 Å². The molecular weight excluding hydrogens is 386 g/mol. The first-order valence-corrected chi connectivity index (χ1v) is 10.3. The van der Waals surface area contributed by atoms with E-state index in [0.29, 0.717) is 6.54 Å². The molecule has 1 unspecified atom stereocenters. The Labute approximate surface area is 177 Å². The summed E-state index contributed by atoms with van der Waals surface area (Å²) in [6, 6.07) is 12.9. The van der Waals surface area contributed by atoms with Crippen molar-refractivity contribution < 1.29 is 13.6 Å². The van der Waals surface area contributed by atoms with Crippen molar-refractivity contribution in [1.29, 1.82) is 0 Å². The molecule has 2 aromatic rings. The highest BCUT2D eigenvalue weighted by molar-refractivity contribution is 5.74. The Kier molecular flexibility index (Phi) is 7.76. The Bertz CT molecular complexity index is 820. The fraction of sp³-hybridized carbons (Fsp3) is 0.435. The van der Waals surface area contributed by atoms with Gasteiger partial charge in [-0.2, -0.15) is 0 Å². The average Bonchev–Trinajstić information content (AvgIpc) is 2.71. The van der Waals surface area contributed by atoms with Gasteiger partial charge in [-0.15, -0.1) is 0 Å². The molecule has 0 aromatic heterocycles. The molecule has 0 spiro atoms. The summed E-state index contributed by atoms with van der Waals surface area (Å²) in [7, 11) is 3.82. The lowest BCUT2D eigenvalue weighted by atomic mass is 10.0. The lowest BCUT2D eigenvalue weighted by molar-refractivity contribution is 0.185. The van der Waals surface area contributed by atoms with Crippen molar-refractivity contribution in [1.82, 2.24) is 20.4 Å². The number of likely N-dealkylation sites (N-methyl/N-ethyl adjacent to an activating group) is 1. The molecule has 1 atom stereocenters. The monoisotopic (exact) mass is 416 g/mol. The van der Waals surface area contributed by atoms with Crippen molar-refractivity contribution in [2.75, 3.05) is 33.7 Å². The molecule has 0 saturated carbocycles. The topological polar surface area (TPSA) is 47.6 Å². The van der Waals surface area contributed by atoms with Crippen LogP contribution in [-0.4, -0.2) is 55.6 Å². The van der Waals surface area contributed by atoms with Crippen LogP contribution >= 0.6 is 0 Å². The summed E-state index contributed by atoms with van der Waals surface area (Å²) in [5.74, 6) is -0.502. The van der Waals surface area contributed by atoms with Crippen molar-refractivity contribution in [2.45, 2.75) is 31.5 Å². The van der Waals surface area contributed by atoms with E-state index in [1.807, 2.05) is 37.2 Å². The van der Waals surface area contributed by atoms with Crippen LogP contribution in [0, 0.1) is 11.6 Å². The van der Waals surface area contributed by atoms with Gasteiger partial charge in [0.25, 0.3) is 0 Å². The number of nitrogens with one attached hydrogen (secondary N) is 2. The SMILES string of the molecule is CN(C)C(CNC(=O)NC1CCN(Cc2ccc(F)cc2)CC1)c1cccc(F)c1. The molecule has 1 aliphatic rings. The quantitative estimate of drug-likeness (QED) is 0.726. The van der Waals surface area contributed by atoms with E-state index in [4.69, 9.17) is 0 Å². The predicted octanol–water partition coefficient (Wildman–Crippen LogP) is 3.53. The molecule has 1 aliphatic heterocycles. The van der Waals surface area contributed by atoms with Gasteiger partial charge in [-0.1, -0.05) is 24.3 Å². The number of rotatable bonds is 7. The minimum atomic E-state index is -0.281. The third kappa shape index (κ3) is 6.50. The number of nitrogens with zero attached hydrogens (tertiary/aromatic N) is 2. The number of likely N-dealkylation sites (tertiary alicyclic amines) is 1. The van der Waals surface area contributed by atoms with Crippen LogP contribution in [0.5, 0.6) is 0 Å². The van der Waals surface area contributed by atoms with Crippen LogP contribution in [0.15, 0.2) is 48.5 Å². The zero-order valence-corrected chi connectivity index (χ0v) is 17.6. The predicted molar refractivity (Wildman–Crippen MR) is 114 cm³/mol. The summed E-state index contributed by atoms with van der Waals surface area (Å²) < 4.78 is 26.6. The van der Waals surface area contributed by atoms with Crippen molar-refractivity contribution >= 4 is 6.03 Å². The normalized spacial score (nSPS) is 16.4. The highest BCUT2D eigenvalue weighted by Crippen LogP contribution is 2.18. The smallest absolute Gasteiger partial charge is 0.315 e. The van der Waals surface area contributed by atoms with E-state index in [-0.39, 0.29) is 29.7 Å². The molecule has 1 saturated heterocycles. The number of piperidine rings is 1. The Balaban J connectivity index is 1.42. The molecule has 2 N–H and O–H groups in total. The maximum absolute atomic E-state index is 13.5. The van der Waals surface area contributed by atoms with Gasteiger partial charge in [0, 0.05) is 32.2 Å². The second-order valence-corrected chi connectivity index (χ2v) is 8.07. The third-order valence-electron chi connectivity index (χ3n) is 5.55. The number of carbonyl (C=O) groups excluding carboxylic acids is 1. The highest BCUT2D eigenvalue weighted by atomic mass is 19.1. The Morgan fingerprint density at radius 2 is 1.80 bits per heavy atom. The molecule has 0 bridgehead atoms. The number of amides is 2. The molecule has 1 fully saturated rings. The summed E-state index contributed by atoms with van der Waals surface area (Å²) >= 11 is 0. The second-order valence-electron chi connectivity index (χ2n) is 8.07. The third-order valence-corrected chi connectivity index (χ3v) is 5.55. The van der Waals surface area contributed by atoms with Gasteiger partial charge in [-0.25, -0.2) is 13.6 Å². The zero-order valence-electron chi connectivity index (χ0n) is 17.6. The molecule has 0 radical (unpaired) electrons. The summed E-state index contributed by atoms with van der Waals surface area (Å²) in [6.45, 7) is 2.95. The van der Waals surface area contributed by atoms with Crippen LogP contribution in [0.2, 0.25) is 0 Å². The maximum Gasteiger partial charge on any atom is 0.315 e. The number of hydrogen-bond acceptors (Lipinski definition) is 3. The standard InChI is InChI=1S/C23H30F2N4O/c1-28(2)22(18-4-3-5-20(25)14-18)15-26-23(30)27-21-10-12-29(13-11-21)16-17-6-8-19(24)9-7-17/h3-9,14,21-22H,10-13,15-16H2,1-2H3,(H2,26,27,30). The van der Waals surface area contributed by atoms with Gasteiger partial charge < -0.3 is 15.5 Å². The van der Waals surface area contributed by atoms with Gasteiger partial charge in [-0.3, -0.25) is 4.90 Å². The Hall–Kier alpha value is -2.51. The number of hydrogen-bond donors (Lipinski definition) is 2. The number of urea groups is 1. The maximum atomic E-state index is 13.5. The number of halogens is 2. The minimum Gasteiger partial charge on any atom is -0.336 e. The molecular formula is C23H30F2N4O. The van der Waals surface area contributed by atoms with Crippen molar-refractivity contribution in [3.8, 4) is 0 Å². The molecule has 5 nitrogen and oxygen atoms in total. The van der Waals surface area contributed by atoms with Crippen molar-refractivity contribution in [3.63, 3.8) is 0 Å². The van der Waals surface area contributed by atoms with E-state index in [1.54, 1.807) is 6.07 Å². The van der Waals surface area contributed by atoms with Crippen LogP contribution in [0.25, 0.3) is 0 Å². The van der Waals surface area contributed by atoms with E-state index < -0.39 is 0 Å². The first kappa shape index (κ1) is 22.2. The first-order valence-electron chi connectivity index (χ1n) is 10.3. The lowest BCUT2D eigenvalue weighted by Gasteiger charge is -2.32. The van der Waals surface area contributed by atoms with E-state index in [9.17, 15) is 13.6 Å². The number of carbonyl (C=O) groups is 1. The lowest BCUT2D eigenvalue weighted by Crippen LogP contribution is -2.48. The molecule has 162 valence electrons. The fourth-order valence-corrected chi connectivity index (χ4v) is 3.82. The molecule has 0 aliphatic carbocycles. The van der Waals surface area contributed by atoms with Gasteiger partial charge in [0.15, 0.2) is 0 Å². The molecule has 2 amide bonds. The molecule has 30 heavy (non-hydrogen) atoms. The molecule has 2 aromatic carbocycles. The van der Waals surface area contributed by atoms with Gasteiger partial charge in [0.05, 0.1) is 6.04 Å². The Morgan fingerprint density at radius 3 is 2.43 bits per heavy atom. The van der Waals surface area contributed by atoms with E-state index in [1.165, 1.54) is 24.3 Å². The fourth-order valence-electron chi connectivity index (χ4n) is 3.82. The van der Waals surface area contributed by atoms with Crippen molar-refractivity contribution in [2.24, 2.45) is 0 Å². The summed E-state index contributed by atoms with van der Waals surface area (Å²) in [4.78, 5) is 16.7. The van der Waals surface area contributed by atoms with E-state index in [2.05, 4.69) is 15.5 Å². The first-order chi connectivity index (χ1) is 14.4. The second kappa shape index (κ2) is 10.5. The van der Waals surface area contributed by atoms with Gasteiger partial charge in [-0.05, 0) is 62.3 Å². The summed E-state index contributed by atoms with van der Waals surface area (Å²) in [5, 5.41) is 5.97.